The second-order valence-electron chi connectivity index (χ2n) is 5.81. The van der Waals surface area contributed by atoms with E-state index in [-0.39, 0.29) is 5.56 Å². The van der Waals surface area contributed by atoms with Crippen LogP contribution in [0.25, 0.3) is 0 Å². The summed E-state index contributed by atoms with van der Waals surface area (Å²) in [4.78, 5) is 28.2. The molecule has 27 heavy (non-hydrogen) atoms. The van der Waals surface area contributed by atoms with Gasteiger partial charge in [-0.2, -0.15) is 31.3 Å². The SMILES string of the molecule is NC(N)=NC(=O)CC1c2ccc(C(F)(F)F)cc2C(=O)N1CCC(F)(F)F. The van der Waals surface area contributed by atoms with Gasteiger partial charge in [0.25, 0.3) is 11.8 Å². The number of halogens is 6. The number of alkyl halides is 6. The molecular weight excluding hydrogens is 382 g/mol. The van der Waals surface area contributed by atoms with E-state index in [0.29, 0.717) is 17.0 Å². The standard InChI is InChI=1S/C15H14F6N4O2/c16-14(17,18)3-4-25-10(6-11(26)24-13(22)23)8-2-1-7(15(19,20)21)5-9(8)12(25)27/h1-2,5,10H,3-4,6H2,(H4,22,23,24,26). The van der Waals surface area contributed by atoms with Crippen LogP contribution in [0.5, 0.6) is 0 Å². The molecule has 12 heteroatoms. The van der Waals surface area contributed by atoms with E-state index in [2.05, 4.69) is 4.99 Å². The van der Waals surface area contributed by atoms with Crippen molar-refractivity contribution in [1.82, 2.24) is 4.90 Å². The fraction of sp³-hybridized carbons (Fsp3) is 0.400. The molecule has 2 rings (SSSR count). The average Bonchev–Trinajstić information content (AvgIpc) is 2.75. The van der Waals surface area contributed by atoms with Gasteiger partial charge in [0.1, 0.15) is 0 Å². The molecule has 148 valence electrons. The van der Waals surface area contributed by atoms with Gasteiger partial charge >= 0.3 is 12.4 Å². The van der Waals surface area contributed by atoms with Crippen molar-refractivity contribution in [2.45, 2.75) is 31.2 Å². The highest BCUT2D eigenvalue weighted by atomic mass is 19.4. The number of nitrogens with two attached hydrogens (primary N) is 2. The van der Waals surface area contributed by atoms with Crippen LogP contribution in [0.1, 0.15) is 40.4 Å². The maximum Gasteiger partial charge on any atom is 0.416 e. The molecule has 1 heterocycles. The fourth-order valence-electron chi connectivity index (χ4n) is 2.75. The van der Waals surface area contributed by atoms with E-state index in [9.17, 15) is 35.9 Å². The van der Waals surface area contributed by atoms with Gasteiger partial charge in [-0.1, -0.05) is 6.07 Å². The number of rotatable bonds is 4. The van der Waals surface area contributed by atoms with Crippen molar-refractivity contribution in [3.8, 4) is 0 Å². The first kappa shape index (κ1) is 20.5. The summed E-state index contributed by atoms with van der Waals surface area (Å²) in [7, 11) is 0. The minimum atomic E-state index is -4.74. The maximum absolute atomic E-state index is 12.9. The molecule has 1 aromatic rings. The van der Waals surface area contributed by atoms with Crippen LogP contribution in [-0.4, -0.2) is 35.4 Å². The lowest BCUT2D eigenvalue weighted by molar-refractivity contribution is -0.138. The van der Waals surface area contributed by atoms with Gasteiger partial charge in [0.2, 0.25) is 0 Å². The van der Waals surface area contributed by atoms with Crippen LogP contribution in [0.4, 0.5) is 26.3 Å². The van der Waals surface area contributed by atoms with Crippen molar-refractivity contribution < 1.29 is 35.9 Å². The van der Waals surface area contributed by atoms with Gasteiger partial charge in [-0.05, 0) is 17.7 Å². The predicted octanol–water partition coefficient (Wildman–Crippen LogP) is 2.34. The third kappa shape index (κ3) is 4.89. The number of aliphatic imine (C=N–C) groups is 1. The third-order valence-electron chi connectivity index (χ3n) is 3.87. The first-order valence-corrected chi connectivity index (χ1v) is 7.51. The molecule has 1 aliphatic rings. The molecule has 0 saturated heterocycles. The quantitative estimate of drug-likeness (QED) is 0.463. The third-order valence-corrected chi connectivity index (χ3v) is 3.87. The molecule has 1 atom stereocenters. The molecule has 1 aliphatic heterocycles. The molecule has 0 aromatic heterocycles. The summed E-state index contributed by atoms with van der Waals surface area (Å²) in [5, 5.41) is 0. The summed E-state index contributed by atoms with van der Waals surface area (Å²) >= 11 is 0. The predicted molar refractivity (Wildman–Crippen MR) is 81.3 cm³/mol. The summed E-state index contributed by atoms with van der Waals surface area (Å²) in [6, 6.07) is 1.02. The van der Waals surface area contributed by atoms with Crippen LogP contribution in [0.15, 0.2) is 23.2 Å². The normalized spacial score (nSPS) is 17.0. The molecule has 4 N–H and O–H groups in total. The van der Waals surface area contributed by atoms with E-state index < -0.39 is 66.7 Å². The highest BCUT2D eigenvalue weighted by Crippen LogP contribution is 2.40. The van der Waals surface area contributed by atoms with E-state index >= 15 is 0 Å². The number of carbonyl (C=O) groups is 2. The molecule has 0 radical (unpaired) electrons. The summed E-state index contributed by atoms with van der Waals surface area (Å²) in [5.74, 6) is -2.53. The van der Waals surface area contributed by atoms with E-state index in [1.165, 1.54) is 0 Å². The van der Waals surface area contributed by atoms with Crippen molar-refractivity contribution >= 4 is 17.8 Å². The number of carbonyl (C=O) groups excluding carboxylic acids is 2. The van der Waals surface area contributed by atoms with Gasteiger partial charge in [-0.15, -0.1) is 0 Å². The van der Waals surface area contributed by atoms with Gasteiger partial charge < -0.3 is 16.4 Å². The van der Waals surface area contributed by atoms with Crippen molar-refractivity contribution in [1.29, 1.82) is 0 Å². The Hall–Kier alpha value is -2.79. The van der Waals surface area contributed by atoms with E-state index in [0.717, 1.165) is 6.07 Å². The Morgan fingerprint density at radius 3 is 2.30 bits per heavy atom. The van der Waals surface area contributed by atoms with Crippen LogP contribution in [0, 0.1) is 0 Å². The zero-order valence-electron chi connectivity index (χ0n) is 13.6. The second kappa shape index (κ2) is 7.08. The van der Waals surface area contributed by atoms with Crippen LogP contribution < -0.4 is 11.5 Å². The highest BCUT2D eigenvalue weighted by molar-refractivity contribution is 6.00. The molecule has 1 aromatic carbocycles. The summed E-state index contributed by atoms with van der Waals surface area (Å²) in [6.45, 7) is -0.821. The lowest BCUT2D eigenvalue weighted by Crippen LogP contribution is -2.33. The zero-order valence-corrected chi connectivity index (χ0v) is 13.6. The van der Waals surface area contributed by atoms with Gasteiger partial charge in [0, 0.05) is 12.1 Å². The summed E-state index contributed by atoms with van der Waals surface area (Å²) in [6.07, 6.45) is -11.3. The molecule has 0 aliphatic carbocycles. The number of guanidine groups is 1. The Balaban J connectivity index is 2.41. The monoisotopic (exact) mass is 396 g/mol. The van der Waals surface area contributed by atoms with Crippen molar-refractivity contribution in [3.05, 3.63) is 34.9 Å². The topological polar surface area (TPSA) is 102 Å². The molecular formula is C15H14F6N4O2. The van der Waals surface area contributed by atoms with E-state index in [1.54, 1.807) is 0 Å². The van der Waals surface area contributed by atoms with Gasteiger partial charge in [-0.3, -0.25) is 9.59 Å². The number of benzene rings is 1. The van der Waals surface area contributed by atoms with Crippen molar-refractivity contribution in [2.24, 2.45) is 16.5 Å². The van der Waals surface area contributed by atoms with Crippen LogP contribution >= 0.6 is 0 Å². The molecule has 0 fully saturated rings. The van der Waals surface area contributed by atoms with Crippen molar-refractivity contribution in [2.75, 3.05) is 6.54 Å². The van der Waals surface area contributed by atoms with E-state index in [1.807, 2.05) is 0 Å². The zero-order chi connectivity index (χ0) is 20.6. The lowest BCUT2D eigenvalue weighted by atomic mass is 9.99. The number of fused-ring (bicyclic) bond motifs is 1. The Morgan fingerprint density at radius 2 is 1.78 bits per heavy atom. The van der Waals surface area contributed by atoms with Crippen LogP contribution in [0.3, 0.4) is 0 Å². The molecule has 6 nitrogen and oxygen atoms in total. The smallest absolute Gasteiger partial charge is 0.370 e. The number of nitrogens with zero attached hydrogens (tertiary/aromatic N) is 2. The lowest BCUT2D eigenvalue weighted by Gasteiger charge is -2.25. The fourth-order valence-corrected chi connectivity index (χ4v) is 2.75. The average molecular weight is 396 g/mol. The van der Waals surface area contributed by atoms with Gasteiger partial charge in [-0.25, -0.2) is 0 Å². The van der Waals surface area contributed by atoms with Gasteiger partial charge in [0.05, 0.1) is 24.4 Å². The molecule has 1 unspecified atom stereocenters. The minimum absolute atomic E-state index is 0.00863. The van der Waals surface area contributed by atoms with Gasteiger partial charge in [0.15, 0.2) is 5.96 Å². The summed E-state index contributed by atoms with van der Waals surface area (Å²) < 4.78 is 76.2. The maximum atomic E-state index is 12.9. The second-order valence-corrected chi connectivity index (χ2v) is 5.81. The highest BCUT2D eigenvalue weighted by Gasteiger charge is 2.42. The Labute approximate surface area is 148 Å². The van der Waals surface area contributed by atoms with Crippen LogP contribution in [-0.2, 0) is 11.0 Å². The first-order chi connectivity index (χ1) is 12.3. The molecule has 0 saturated carbocycles. The Kier molecular flexibility index (Phi) is 5.38. The largest absolute Gasteiger partial charge is 0.416 e. The molecule has 0 bridgehead atoms. The number of amides is 2. The number of hydrogen-bond donors (Lipinski definition) is 2. The van der Waals surface area contributed by atoms with E-state index in [4.69, 9.17) is 11.5 Å². The number of hydrogen-bond acceptors (Lipinski definition) is 2. The molecule has 2 amide bonds. The first-order valence-electron chi connectivity index (χ1n) is 7.51. The van der Waals surface area contributed by atoms with Crippen LogP contribution in [0.2, 0.25) is 0 Å². The van der Waals surface area contributed by atoms with Crippen molar-refractivity contribution in [3.63, 3.8) is 0 Å². The minimum Gasteiger partial charge on any atom is -0.370 e. The Morgan fingerprint density at radius 1 is 1.15 bits per heavy atom. The molecule has 0 spiro atoms. The summed E-state index contributed by atoms with van der Waals surface area (Å²) in [5.41, 5.74) is 8.60. The Bertz CT molecular complexity index is 783.